The second-order valence-corrected chi connectivity index (χ2v) is 4.94. The second-order valence-electron chi connectivity index (χ2n) is 4.94. The first kappa shape index (κ1) is 15.0. The van der Waals surface area contributed by atoms with Crippen LogP contribution in [0.3, 0.4) is 0 Å². The third kappa shape index (κ3) is 4.59. The third-order valence-corrected chi connectivity index (χ3v) is 3.41. The Morgan fingerprint density at radius 3 is 2.60 bits per heavy atom. The summed E-state index contributed by atoms with van der Waals surface area (Å²) in [6.07, 6.45) is 0. The Kier molecular flexibility index (Phi) is 5.98. The fourth-order valence-corrected chi connectivity index (χ4v) is 2.23. The summed E-state index contributed by atoms with van der Waals surface area (Å²) in [5.74, 6) is -0.00531. The smallest absolute Gasteiger partial charge is 0.251 e. The Morgan fingerprint density at radius 2 is 1.95 bits per heavy atom. The van der Waals surface area contributed by atoms with E-state index >= 15 is 0 Å². The highest BCUT2D eigenvalue weighted by Crippen LogP contribution is 2.04. The lowest BCUT2D eigenvalue weighted by atomic mass is 10.1. The van der Waals surface area contributed by atoms with Crippen molar-refractivity contribution in [2.45, 2.75) is 6.54 Å². The summed E-state index contributed by atoms with van der Waals surface area (Å²) >= 11 is 0. The zero-order chi connectivity index (χ0) is 14.2. The molecule has 0 saturated carbocycles. The summed E-state index contributed by atoms with van der Waals surface area (Å²) < 4.78 is 5.29. The van der Waals surface area contributed by atoms with Gasteiger partial charge in [-0.3, -0.25) is 9.69 Å². The van der Waals surface area contributed by atoms with E-state index in [2.05, 4.69) is 15.5 Å². The van der Waals surface area contributed by atoms with Gasteiger partial charge in [0.15, 0.2) is 0 Å². The molecule has 0 atom stereocenters. The normalized spacial score (nSPS) is 16.1. The number of carbonyl (C=O) groups excluding carboxylic acids is 1. The molecule has 1 aliphatic heterocycles. The number of carbonyl (C=O) groups is 1. The van der Waals surface area contributed by atoms with Gasteiger partial charge in [0.25, 0.3) is 5.91 Å². The van der Waals surface area contributed by atoms with Crippen LogP contribution in [0.4, 0.5) is 0 Å². The molecule has 0 aliphatic carbocycles. The number of benzene rings is 1. The molecule has 0 spiro atoms. The largest absolute Gasteiger partial charge is 0.379 e. The molecule has 1 aliphatic rings. The van der Waals surface area contributed by atoms with E-state index < -0.39 is 0 Å². The minimum absolute atomic E-state index is 0.00531. The molecular formula is C15H23N3O2. The maximum atomic E-state index is 12.0. The fraction of sp³-hybridized carbons (Fsp3) is 0.533. The summed E-state index contributed by atoms with van der Waals surface area (Å²) in [4.78, 5) is 14.3. The Labute approximate surface area is 120 Å². The first-order chi connectivity index (χ1) is 9.79. The van der Waals surface area contributed by atoms with E-state index in [1.54, 1.807) is 0 Å². The minimum Gasteiger partial charge on any atom is -0.379 e. The average Bonchev–Trinajstić information content (AvgIpc) is 2.49. The first-order valence-corrected chi connectivity index (χ1v) is 7.11. The van der Waals surface area contributed by atoms with Crippen molar-refractivity contribution >= 4 is 5.91 Å². The van der Waals surface area contributed by atoms with Crippen LogP contribution in [0.2, 0.25) is 0 Å². The Hall–Kier alpha value is -1.43. The molecule has 5 nitrogen and oxygen atoms in total. The van der Waals surface area contributed by atoms with E-state index in [1.807, 2.05) is 31.3 Å². The summed E-state index contributed by atoms with van der Waals surface area (Å²) in [7, 11) is 1.91. The van der Waals surface area contributed by atoms with Crippen molar-refractivity contribution in [3.8, 4) is 0 Å². The molecule has 1 fully saturated rings. The van der Waals surface area contributed by atoms with Gasteiger partial charge in [-0.25, -0.2) is 0 Å². The number of nitrogens with zero attached hydrogens (tertiary/aromatic N) is 1. The van der Waals surface area contributed by atoms with Crippen LogP contribution in [0.15, 0.2) is 24.3 Å². The van der Waals surface area contributed by atoms with Crippen LogP contribution in [-0.2, 0) is 11.3 Å². The van der Waals surface area contributed by atoms with Gasteiger partial charge < -0.3 is 15.4 Å². The molecule has 2 rings (SSSR count). The molecular weight excluding hydrogens is 254 g/mol. The number of ether oxygens (including phenoxy) is 1. The molecule has 1 aromatic carbocycles. The van der Waals surface area contributed by atoms with Gasteiger partial charge in [-0.2, -0.15) is 0 Å². The molecule has 1 amide bonds. The van der Waals surface area contributed by atoms with E-state index in [0.717, 1.165) is 39.4 Å². The third-order valence-electron chi connectivity index (χ3n) is 3.41. The maximum absolute atomic E-state index is 12.0. The lowest BCUT2D eigenvalue weighted by Gasteiger charge is -2.26. The Balaban J connectivity index is 1.73. The van der Waals surface area contributed by atoms with E-state index in [1.165, 1.54) is 5.56 Å². The van der Waals surface area contributed by atoms with Gasteiger partial charge in [0.1, 0.15) is 0 Å². The molecule has 5 heteroatoms. The van der Waals surface area contributed by atoms with Crippen LogP contribution in [0.25, 0.3) is 0 Å². The van der Waals surface area contributed by atoms with Crippen molar-refractivity contribution in [1.82, 2.24) is 15.5 Å². The Morgan fingerprint density at radius 1 is 1.25 bits per heavy atom. The van der Waals surface area contributed by atoms with Crippen LogP contribution in [-0.4, -0.2) is 57.2 Å². The van der Waals surface area contributed by atoms with Crippen molar-refractivity contribution in [1.29, 1.82) is 0 Å². The zero-order valence-electron chi connectivity index (χ0n) is 12.0. The quantitative estimate of drug-likeness (QED) is 0.793. The molecule has 1 saturated heterocycles. The van der Waals surface area contributed by atoms with Crippen LogP contribution in [0.5, 0.6) is 0 Å². The standard InChI is InChI=1S/C15H23N3O2/c1-16-12-13-2-4-14(5-3-13)15(19)17-6-7-18-8-10-20-11-9-18/h2-5,16H,6-12H2,1H3,(H,17,19). The van der Waals surface area contributed by atoms with E-state index in [4.69, 9.17) is 4.74 Å². The molecule has 2 N–H and O–H groups in total. The highest BCUT2D eigenvalue weighted by molar-refractivity contribution is 5.94. The highest BCUT2D eigenvalue weighted by atomic mass is 16.5. The zero-order valence-corrected chi connectivity index (χ0v) is 12.0. The molecule has 0 radical (unpaired) electrons. The summed E-state index contributed by atoms with van der Waals surface area (Å²) in [6.45, 7) is 5.87. The summed E-state index contributed by atoms with van der Waals surface area (Å²) in [5, 5.41) is 6.05. The summed E-state index contributed by atoms with van der Waals surface area (Å²) in [6, 6.07) is 7.70. The molecule has 0 bridgehead atoms. The topological polar surface area (TPSA) is 53.6 Å². The number of morpholine rings is 1. The monoisotopic (exact) mass is 277 g/mol. The highest BCUT2D eigenvalue weighted by Gasteiger charge is 2.10. The lowest BCUT2D eigenvalue weighted by Crippen LogP contribution is -2.41. The van der Waals surface area contributed by atoms with Crippen molar-refractivity contribution in [2.75, 3.05) is 46.4 Å². The molecule has 20 heavy (non-hydrogen) atoms. The predicted molar refractivity (Wildman–Crippen MR) is 78.8 cm³/mol. The predicted octanol–water partition coefficient (Wildman–Crippen LogP) is 0.468. The summed E-state index contributed by atoms with van der Waals surface area (Å²) in [5.41, 5.74) is 1.89. The van der Waals surface area contributed by atoms with Gasteiger partial charge in [0.05, 0.1) is 13.2 Å². The average molecular weight is 277 g/mol. The van der Waals surface area contributed by atoms with Crippen molar-refractivity contribution < 1.29 is 9.53 Å². The van der Waals surface area contributed by atoms with Crippen LogP contribution in [0.1, 0.15) is 15.9 Å². The van der Waals surface area contributed by atoms with Crippen LogP contribution in [0, 0.1) is 0 Å². The SMILES string of the molecule is CNCc1ccc(C(=O)NCCN2CCOCC2)cc1. The van der Waals surface area contributed by atoms with Crippen LogP contribution >= 0.6 is 0 Å². The van der Waals surface area contributed by atoms with Gasteiger partial charge in [-0.1, -0.05) is 12.1 Å². The molecule has 0 aromatic heterocycles. The maximum Gasteiger partial charge on any atom is 0.251 e. The van der Waals surface area contributed by atoms with E-state index in [0.29, 0.717) is 12.1 Å². The second kappa shape index (κ2) is 7.99. The van der Waals surface area contributed by atoms with Gasteiger partial charge in [0, 0.05) is 38.3 Å². The molecule has 0 unspecified atom stereocenters. The minimum atomic E-state index is -0.00531. The number of hydrogen-bond acceptors (Lipinski definition) is 4. The molecule has 1 aromatic rings. The van der Waals surface area contributed by atoms with E-state index in [9.17, 15) is 4.79 Å². The fourth-order valence-electron chi connectivity index (χ4n) is 2.23. The van der Waals surface area contributed by atoms with Crippen LogP contribution < -0.4 is 10.6 Å². The van der Waals surface area contributed by atoms with Gasteiger partial charge >= 0.3 is 0 Å². The Bertz CT molecular complexity index is 414. The molecule has 1 heterocycles. The number of rotatable bonds is 6. The number of nitrogens with one attached hydrogen (secondary N) is 2. The van der Waals surface area contributed by atoms with Crippen molar-refractivity contribution in [3.63, 3.8) is 0 Å². The molecule has 110 valence electrons. The van der Waals surface area contributed by atoms with Crippen molar-refractivity contribution in [2.24, 2.45) is 0 Å². The van der Waals surface area contributed by atoms with Gasteiger partial charge in [0.2, 0.25) is 0 Å². The van der Waals surface area contributed by atoms with E-state index in [-0.39, 0.29) is 5.91 Å². The van der Waals surface area contributed by atoms with Gasteiger partial charge in [-0.15, -0.1) is 0 Å². The lowest BCUT2D eigenvalue weighted by molar-refractivity contribution is 0.0383. The van der Waals surface area contributed by atoms with Crippen molar-refractivity contribution in [3.05, 3.63) is 35.4 Å². The van der Waals surface area contributed by atoms with Gasteiger partial charge in [-0.05, 0) is 24.7 Å². The number of hydrogen-bond donors (Lipinski definition) is 2. The number of amides is 1. The first-order valence-electron chi connectivity index (χ1n) is 7.11.